The van der Waals surface area contributed by atoms with Crippen molar-refractivity contribution in [1.82, 2.24) is 15.1 Å². The maximum Gasteiger partial charge on any atom is 0.246 e. The van der Waals surface area contributed by atoms with Gasteiger partial charge in [-0.05, 0) is 20.2 Å². The second-order valence-electron chi connectivity index (χ2n) is 3.37. The van der Waals surface area contributed by atoms with Crippen molar-refractivity contribution in [3.05, 3.63) is 12.7 Å². The molecule has 4 heteroatoms. The second kappa shape index (κ2) is 4.39. The monoisotopic (exact) mass is 183 g/mol. The standard InChI is InChI=1S/C9H17N3O/c1-4-9(13)12-5-8(6-12)11(3)7-10-2/h4,8,10H,1,5-7H2,2-3H3. The van der Waals surface area contributed by atoms with E-state index in [0.717, 1.165) is 19.8 Å². The SMILES string of the molecule is C=CC(=O)N1CC(N(C)CNC)C1. The first kappa shape index (κ1) is 10.2. The van der Waals surface area contributed by atoms with Gasteiger partial charge in [0.1, 0.15) is 0 Å². The minimum Gasteiger partial charge on any atom is -0.336 e. The number of hydrogen-bond donors (Lipinski definition) is 1. The van der Waals surface area contributed by atoms with E-state index in [2.05, 4.69) is 23.8 Å². The zero-order valence-corrected chi connectivity index (χ0v) is 8.29. The summed E-state index contributed by atoms with van der Waals surface area (Å²) in [5, 5.41) is 3.08. The van der Waals surface area contributed by atoms with Gasteiger partial charge in [-0.1, -0.05) is 6.58 Å². The van der Waals surface area contributed by atoms with Crippen LogP contribution in [0.5, 0.6) is 0 Å². The molecule has 0 aliphatic carbocycles. The summed E-state index contributed by atoms with van der Waals surface area (Å²) in [5.41, 5.74) is 0. The highest BCUT2D eigenvalue weighted by Crippen LogP contribution is 2.12. The van der Waals surface area contributed by atoms with Crippen LogP contribution in [0.4, 0.5) is 0 Å². The minimum absolute atomic E-state index is 0.0362. The van der Waals surface area contributed by atoms with Gasteiger partial charge in [-0.15, -0.1) is 0 Å². The number of carbonyl (C=O) groups is 1. The van der Waals surface area contributed by atoms with Gasteiger partial charge in [0.15, 0.2) is 0 Å². The van der Waals surface area contributed by atoms with Gasteiger partial charge in [-0.2, -0.15) is 0 Å². The Labute approximate surface area is 79.2 Å². The topological polar surface area (TPSA) is 35.6 Å². The molecule has 0 aromatic rings. The summed E-state index contributed by atoms with van der Waals surface area (Å²) in [5.74, 6) is 0.0362. The third-order valence-electron chi connectivity index (χ3n) is 2.38. The lowest BCUT2D eigenvalue weighted by molar-refractivity contribution is -0.132. The summed E-state index contributed by atoms with van der Waals surface area (Å²) < 4.78 is 0. The molecule has 1 N–H and O–H groups in total. The molecule has 0 aromatic heterocycles. The van der Waals surface area contributed by atoms with E-state index in [4.69, 9.17) is 0 Å². The van der Waals surface area contributed by atoms with Crippen LogP contribution in [-0.2, 0) is 4.79 Å². The van der Waals surface area contributed by atoms with E-state index in [-0.39, 0.29) is 5.91 Å². The highest BCUT2D eigenvalue weighted by atomic mass is 16.2. The molecular formula is C9H17N3O. The summed E-state index contributed by atoms with van der Waals surface area (Å²) in [7, 11) is 3.97. The number of likely N-dealkylation sites (tertiary alicyclic amines) is 1. The van der Waals surface area contributed by atoms with Crippen LogP contribution < -0.4 is 5.32 Å². The molecule has 0 radical (unpaired) electrons. The van der Waals surface area contributed by atoms with Gasteiger partial charge in [-0.25, -0.2) is 0 Å². The fourth-order valence-corrected chi connectivity index (χ4v) is 1.42. The Balaban J connectivity index is 2.24. The molecule has 1 heterocycles. The molecule has 4 nitrogen and oxygen atoms in total. The second-order valence-corrected chi connectivity index (χ2v) is 3.37. The van der Waals surface area contributed by atoms with E-state index < -0.39 is 0 Å². The highest BCUT2D eigenvalue weighted by molar-refractivity contribution is 5.87. The van der Waals surface area contributed by atoms with Gasteiger partial charge < -0.3 is 10.2 Å². The quantitative estimate of drug-likeness (QED) is 0.471. The van der Waals surface area contributed by atoms with E-state index in [0.29, 0.717) is 6.04 Å². The molecule has 1 aliphatic heterocycles. The minimum atomic E-state index is 0.0362. The summed E-state index contributed by atoms with van der Waals surface area (Å²) in [6, 6.07) is 0.497. The molecule has 0 saturated carbocycles. The highest BCUT2D eigenvalue weighted by Gasteiger charge is 2.31. The Morgan fingerprint density at radius 3 is 2.85 bits per heavy atom. The van der Waals surface area contributed by atoms with Crippen LogP contribution in [0.1, 0.15) is 0 Å². The number of nitrogens with zero attached hydrogens (tertiary/aromatic N) is 2. The molecule has 74 valence electrons. The van der Waals surface area contributed by atoms with Gasteiger partial charge >= 0.3 is 0 Å². The van der Waals surface area contributed by atoms with Crippen molar-refractivity contribution in [3.8, 4) is 0 Å². The fourth-order valence-electron chi connectivity index (χ4n) is 1.42. The predicted octanol–water partition coefficient (Wildman–Crippen LogP) is -0.508. The van der Waals surface area contributed by atoms with Crippen LogP contribution in [0.25, 0.3) is 0 Å². The van der Waals surface area contributed by atoms with Crippen LogP contribution >= 0.6 is 0 Å². The van der Waals surface area contributed by atoms with E-state index in [9.17, 15) is 4.79 Å². The molecule has 0 bridgehead atoms. The molecule has 13 heavy (non-hydrogen) atoms. The van der Waals surface area contributed by atoms with Crippen molar-refractivity contribution in [2.45, 2.75) is 6.04 Å². The molecule has 1 saturated heterocycles. The van der Waals surface area contributed by atoms with Crippen LogP contribution in [0.2, 0.25) is 0 Å². The lowest BCUT2D eigenvalue weighted by atomic mass is 10.1. The third-order valence-corrected chi connectivity index (χ3v) is 2.38. The number of rotatable bonds is 4. The Bertz CT molecular complexity index is 199. The zero-order chi connectivity index (χ0) is 9.84. The smallest absolute Gasteiger partial charge is 0.246 e. The van der Waals surface area contributed by atoms with Crippen LogP contribution in [0.3, 0.4) is 0 Å². The largest absolute Gasteiger partial charge is 0.336 e. The number of hydrogen-bond acceptors (Lipinski definition) is 3. The predicted molar refractivity (Wildman–Crippen MR) is 52.3 cm³/mol. The Morgan fingerprint density at radius 2 is 2.38 bits per heavy atom. The summed E-state index contributed by atoms with van der Waals surface area (Å²) in [4.78, 5) is 15.1. The molecule has 1 aliphatic rings. The molecule has 1 fully saturated rings. The summed E-state index contributed by atoms with van der Waals surface area (Å²) in [6.45, 7) is 5.96. The first-order valence-electron chi connectivity index (χ1n) is 4.45. The molecular weight excluding hydrogens is 166 g/mol. The lowest BCUT2D eigenvalue weighted by Gasteiger charge is -2.43. The van der Waals surface area contributed by atoms with Crippen LogP contribution in [0.15, 0.2) is 12.7 Å². The Kier molecular flexibility index (Phi) is 3.45. The molecule has 1 rings (SSSR count). The van der Waals surface area contributed by atoms with Gasteiger partial charge in [0.2, 0.25) is 5.91 Å². The van der Waals surface area contributed by atoms with Crippen molar-refractivity contribution >= 4 is 5.91 Å². The summed E-state index contributed by atoms with van der Waals surface area (Å²) in [6.07, 6.45) is 1.37. The molecule has 0 unspecified atom stereocenters. The molecule has 0 aromatic carbocycles. The van der Waals surface area contributed by atoms with Crippen molar-refractivity contribution in [2.75, 3.05) is 33.9 Å². The number of amides is 1. The number of likely N-dealkylation sites (N-methyl/N-ethyl adjacent to an activating group) is 1. The lowest BCUT2D eigenvalue weighted by Crippen LogP contribution is -2.60. The zero-order valence-electron chi connectivity index (χ0n) is 8.29. The molecule has 1 amide bonds. The first-order valence-corrected chi connectivity index (χ1v) is 4.45. The van der Waals surface area contributed by atoms with Gasteiger partial charge in [0, 0.05) is 25.8 Å². The van der Waals surface area contributed by atoms with Crippen molar-refractivity contribution in [2.24, 2.45) is 0 Å². The van der Waals surface area contributed by atoms with Crippen molar-refractivity contribution in [1.29, 1.82) is 0 Å². The van der Waals surface area contributed by atoms with Crippen molar-refractivity contribution in [3.63, 3.8) is 0 Å². The van der Waals surface area contributed by atoms with E-state index in [1.165, 1.54) is 6.08 Å². The maximum absolute atomic E-state index is 11.1. The Morgan fingerprint density at radius 1 is 1.77 bits per heavy atom. The van der Waals surface area contributed by atoms with Gasteiger partial charge in [0.05, 0.1) is 0 Å². The van der Waals surface area contributed by atoms with Crippen LogP contribution in [-0.4, -0.2) is 55.6 Å². The Hall–Kier alpha value is -0.870. The number of carbonyl (C=O) groups excluding carboxylic acids is 1. The van der Waals surface area contributed by atoms with Gasteiger partial charge in [-0.3, -0.25) is 9.69 Å². The van der Waals surface area contributed by atoms with Crippen molar-refractivity contribution < 1.29 is 4.79 Å². The molecule has 0 atom stereocenters. The first-order chi connectivity index (χ1) is 6.19. The normalized spacial score (nSPS) is 17.3. The fraction of sp³-hybridized carbons (Fsp3) is 0.667. The van der Waals surface area contributed by atoms with E-state index >= 15 is 0 Å². The number of nitrogens with one attached hydrogen (secondary N) is 1. The third kappa shape index (κ3) is 2.29. The summed E-state index contributed by atoms with van der Waals surface area (Å²) >= 11 is 0. The molecule has 0 spiro atoms. The van der Waals surface area contributed by atoms with Gasteiger partial charge in [0.25, 0.3) is 0 Å². The van der Waals surface area contributed by atoms with E-state index in [1.54, 1.807) is 4.90 Å². The van der Waals surface area contributed by atoms with E-state index in [1.807, 2.05) is 7.05 Å². The average Bonchev–Trinajstić information content (AvgIpc) is 2.01. The van der Waals surface area contributed by atoms with Crippen LogP contribution in [0, 0.1) is 0 Å². The average molecular weight is 183 g/mol. The maximum atomic E-state index is 11.1.